The van der Waals surface area contributed by atoms with Gasteiger partial charge in [-0.2, -0.15) is 0 Å². The molecule has 100 valence electrons. The number of rotatable bonds is 6. The van der Waals surface area contributed by atoms with E-state index in [1.54, 1.807) is 0 Å². The van der Waals surface area contributed by atoms with Gasteiger partial charge in [0.15, 0.2) is 0 Å². The summed E-state index contributed by atoms with van der Waals surface area (Å²) in [4.78, 5) is 38.0. The Morgan fingerprint density at radius 1 is 0.476 bits per heavy atom. The van der Waals surface area contributed by atoms with Crippen LogP contribution in [0.25, 0.3) is 0 Å². The third kappa shape index (κ3) is 61.3. The van der Waals surface area contributed by atoms with Crippen LogP contribution < -0.4 is 139 Å². The minimum Gasteiger partial charge on any atom is -0.550 e. The van der Waals surface area contributed by atoms with Crippen LogP contribution in [-0.4, -0.2) is 29.4 Å². The van der Waals surface area contributed by atoms with Crippen LogP contribution in [0.5, 0.6) is 0 Å². The first-order valence-corrected chi connectivity index (χ1v) is 4.05. The Bertz CT molecular complexity index is 229. The van der Waals surface area contributed by atoms with E-state index in [2.05, 4.69) is 0 Å². The SMILES string of the molecule is O.O=C([O-])CCC(=O)[O-].O=C([O-])CCC(=O)[O-].[Na+].[Na+].[Na+].[Na+]. The van der Waals surface area contributed by atoms with Crippen molar-refractivity contribution in [1.82, 2.24) is 0 Å². The number of aliphatic carboxylic acids is 4. The summed E-state index contributed by atoms with van der Waals surface area (Å²) in [7, 11) is 0. The Balaban J connectivity index is -0.0000000302. The second kappa shape index (κ2) is 29.8. The molecule has 0 aliphatic rings. The number of hydrogen-bond acceptors (Lipinski definition) is 8. The average molecular weight is 342 g/mol. The Morgan fingerprint density at radius 2 is 0.571 bits per heavy atom. The molecule has 0 aromatic heterocycles. The summed E-state index contributed by atoms with van der Waals surface area (Å²) in [5.74, 6) is -5.47. The van der Waals surface area contributed by atoms with Gasteiger partial charge in [0.2, 0.25) is 0 Å². The minimum atomic E-state index is -1.37. The van der Waals surface area contributed by atoms with Gasteiger partial charge in [0.1, 0.15) is 0 Å². The molecule has 0 aromatic rings. The molecule has 0 atom stereocenters. The van der Waals surface area contributed by atoms with Crippen molar-refractivity contribution in [1.29, 1.82) is 0 Å². The molecule has 0 saturated carbocycles. The zero-order valence-corrected chi connectivity index (χ0v) is 20.6. The number of carboxylic acids is 4. The Kier molecular flexibility index (Phi) is 61.6. The van der Waals surface area contributed by atoms with Crippen LogP contribution in [0.4, 0.5) is 0 Å². The van der Waals surface area contributed by atoms with Gasteiger partial charge in [-0.25, -0.2) is 0 Å². The molecule has 0 aliphatic heterocycles. The third-order valence-electron chi connectivity index (χ3n) is 1.07. The fourth-order valence-electron chi connectivity index (χ4n) is 0.408. The summed E-state index contributed by atoms with van der Waals surface area (Å²) >= 11 is 0. The summed E-state index contributed by atoms with van der Waals surface area (Å²) in [6.07, 6.45) is -1.88. The number of carbonyl (C=O) groups excluding carboxylic acids is 4. The largest absolute Gasteiger partial charge is 1.00 e. The predicted octanol–water partition coefficient (Wildman–Crippen LogP) is -18.3. The second-order valence-electron chi connectivity index (χ2n) is 2.49. The summed E-state index contributed by atoms with van der Waals surface area (Å²) in [6, 6.07) is 0. The molecule has 0 bridgehead atoms. The number of carbonyl (C=O) groups is 4. The van der Waals surface area contributed by atoms with Crippen LogP contribution in [0, 0.1) is 0 Å². The zero-order valence-electron chi connectivity index (χ0n) is 12.6. The predicted molar refractivity (Wildman–Crippen MR) is 42.1 cm³/mol. The van der Waals surface area contributed by atoms with Crippen molar-refractivity contribution in [3.05, 3.63) is 0 Å². The van der Waals surface area contributed by atoms with E-state index in [9.17, 15) is 39.6 Å². The van der Waals surface area contributed by atoms with Crippen molar-refractivity contribution >= 4 is 23.9 Å². The number of hydrogen-bond donors (Lipinski definition) is 0. The van der Waals surface area contributed by atoms with E-state index in [1.807, 2.05) is 0 Å². The third-order valence-corrected chi connectivity index (χ3v) is 1.07. The summed E-state index contributed by atoms with van der Waals surface area (Å²) in [6.45, 7) is 0. The van der Waals surface area contributed by atoms with Crippen LogP contribution in [0.15, 0.2) is 0 Å². The fourth-order valence-corrected chi connectivity index (χ4v) is 0.408. The van der Waals surface area contributed by atoms with Crippen LogP contribution in [0.1, 0.15) is 25.7 Å². The molecule has 0 radical (unpaired) electrons. The van der Waals surface area contributed by atoms with Gasteiger partial charge in [-0.05, 0) is 25.7 Å². The first kappa shape index (κ1) is 43.4. The van der Waals surface area contributed by atoms with Crippen LogP contribution in [0.2, 0.25) is 0 Å². The fraction of sp³-hybridized carbons (Fsp3) is 0.500. The van der Waals surface area contributed by atoms with Gasteiger partial charge in [0, 0.05) is 23.9 Å². The zero-order chi connectivity index (χ0) is 13.1. The van der Waals surface area contributed by atoms with Crippen molar-refractivity contribution in [2.75, 3.05) is 0 Å². The van der Waals surface area contributed by atoms with Crippen molar-refractivity contribution < 1.29 is 163 Å². The van der Waals surface area contributed by atoms with E-state index in [0.717, 1.165) is 0 Å². The molecular formula is C8H10Na4O9. The first-order valence-electron chi connectivity index (χ1n) is 4.05. The summed E-state index contributed by atoms with van der Waals surface area (Å²) in [5.41, 5.74) is 0. The minimum absolute atomic E-state index is 0. The maximum absolute atomic E-state index is 9.50. The second-order valence-corrected chi connectivity index (χ2v) is 2.49. The molecule has 21 heavy (non-hydrogen) atoms. The van der Waals surface area contributed by atoms with Crippen molar-refractivity contribution in [2.24, 2.45) is 0 Å². The molecule has 0 amide bonds. The maximum atomic E-state index is 9.50. The van der Waals surface area contributed by atoms with Crippen LogP contribution in [0.3, 0.4) is 0 Å². The van der Waals surface area contributed by atoms with Crippen molar-refractivity contribution in [3.8, 4) is 0 Å². The van der Waals surface area contributed by atoms with E-state index < -0.39 is 49.6 Å². The van der Waals surface area contributed by atoms with Gasteiger partial charge < -0.3 is 45.1 Å². The van der Waals surface area contributed by atoms with Gasteiger partial charge in [-0.1, -0.05) is 0 Å². The smallest absolute Gasteiger partial charge is 0.550 e. The van der Waals surface area contributed by atoms with E-state index in [-0.39, 0.29) is 124 Å². The van der Waals surface area contributed by atoms with Gasteiger partial charge in [0.05, 0.1) is 0 Å². The Morgan fingerprint density at radius 3 is 0.619 bits per heavy atom. The maximum Gasteiger partial charge on any atom is 1.00 e. The molecule has 0 heterocycles. The van der Waals surface area contributed by atoms with E-state index in [0.29, 0.717) is 0 Å². The molecule has 0 saturated heterocycles. The average Bonchev–Trinajstić information content (AvgIpc) is 2.12. The Hall–Kier alpha value is 1.84. The van der Waals surface area contributed by atoms with Gasteiger partial charge in [0.25, 0.3) is 0 Å². The van der Waals surface area contributed by atoms with Crippen molar-refractivity contribution in [3.63, 3.8) is 0 Å². The van der Waals surface area contributed by atoms with E-state index in [1.165, 1.54) is 0 Å². The van der Waals surface area contributed by atoms with Crippen LogP contribution >= 0.6 is 0 Å². The molecule has 13 heteroatoms. The monoisotopic (exact) mass is 342 g/mol. The molecule has 0 rings (SSSR count). The van der Waals surface area contributed by atoms with E-state index in [4.69, 9.17) is 0 Å². The first-order chi connectivity index (χ1) is 7.25. The molecule has 0 aromatic carbocycles. The van der Waals surface area contributed by atoms with Gasteiger partial charge in [-0.3, -0.25) is 0 Å². The van der Waals surface area contributed by atoms with Gasteiger partial charge >= 0.3 is 118 Å². The summed E-state index contributed by atoms with van der Waals surface area (Å²) < 4.78 is 0. The molecule has 2 N–H and O–H groups in total. The van der Waals surface area contributed by atoms with E-state index >= 15 is 0 Å². The normalized spacial score (nSPS) is 6.48. The molecular weight excluding hydrogens is 332 g/mol. The number of carboxylic acid groups (broad SMARTS) is 4. The molecule has 0 fully saturated rings. The molecule has 0 unspecified atom stereocenters. The summed E-state index contributed by atoms with van der Waals surface area (Å²) in [5, 5.41) is 38.0. The van der Waals surface area contributed by atoms with Gasteiger partial charge in [-0.15, -0.1) is 0 Å². The van der Waals surface area contributed by atoms with Crippen molar-refractivity contribution in [2.45, 2.75) is 25.7 Å². The standard InChI is InChI=1S/2C4H6O4.4Na.H2O/c2*5-3(6)1-2-4(7)8;;;;;/h2*1-2H2,(H,5,6)(H,7,8);;;;;1H2/q;;4*+1;/p-4. The van der Waals surface area contributed by atoms with Crippen LogP contribution in [-0.2, 0) is 19.2 Å². The molecule has 9 nitrogen and oxygen atoms in total. The topological polar surface area (TPSA) is 192 Å². The molecule has 0 aliphatic carbocycles. The molecule has 0 spiro atoms. The quantitative estimate of drug-likeness (QED) is 0.424. The Labute approximate surface area is 209 Å².